The van der Waals surface area contributed by atoms with Crippen LogP contribution in [0.3, 0.4) is 0 Å². The van der Waals surface area contributed by atoms with Gasteiger partial charge in [0.25, 0.3) is 5.91 Å². The van der Waals surface area contributed by atoms with Crippen LogP contribution in [0.2, 0.25) is 5.02 Å². The van der Waals surface area contributed by atoms with Crippen LogP contribution < -0.4 is 10.6 Å². The fourth-order valence-electron chi connectivity index (χ4n) is 5.11. The van der Waals surface area contributed by atoms with E-state index in [0.717, 1.165) is 31.4 Å². The minimum Gasteiger partial charge on any atom is -0.323 e. The van der Waals surface area contributed by atoms with Gasteiger partial charge in [0.05, 0.1) is 17.6 Å². The number of carbonyl (C=O) groups is 3. The lowest BCUT2D eigenvalue weighted by Crippen LogP contribution is -2.52. The van der Waals surface area contributed by atoms with E-state index in [-0.39, 0.29) is 30.4 Å². The summed E-state index contributed by atoms with van der Waals surface area (Å²) >= 11 is 5.85. The fourth-order valence-corrected chi connectivity index (χ4v) is 5.22. The molecule has 2 atom stereocenters. The molecule has 2 aromatic rings. The van der Waals surface area contributed by atoms with Crippen molar-refractivity contribution in [3.05, 3.63) is 58.7 Å². The van der Waals surface area contributed by atoms with Crippen LogP contribution in [0.4, 0.5) is 10.6 Å². The number of amides is 4. The van der Waals surface area contributed by atoms with Crippen molar-refractivity contribution in [2.75, 3.05) is 25.1 Å². The Morgan fingerprint density at radius 2 is 2.03 bits per heavy atom. The smallest absolute Gasteiger partial charge is 0.323 e. The van der Waals surface area contributed by atoms with Crippen LogP contribution in [0, 0.1) is 5.92 Å². The summed E-state index contributed by atoms with van der Waals surface area (Å²) in [6.07, 6.45) is 4.93. The quantitative estimate of drug-likeness (QED) is 0.674. The molecule has 4 amide bonds. The molecule has 172 valence electrons. The highest BCUT2D eigenvalue weighted by molar-refractivity contribution is 6.30. The third kappa shape index (κ3) is 4.32. The molecule has 1 aromatic heterocycles. The van der Waals surface area contributed by atoms with E-state index in [2.05, 4.69) is 21.7 Å². The van der Waals surface area contributed by atoms with Crippen molar-refractivity contribution in [1.29, 1.82) is 0 Å². The second-order valence-corrected chi connectivity index (χ2v) is 9.54. The molecule has 1 aromatic carbocycles. The van der Waals surface area contributed by atoms with Gasteiger partial charge < -0.3 is 10.6 Å². The van der Waals surface area contributed by atoms with Crippen molar-refractivity contribution >= 4 is 35.3 Å². The number of piperidine rings is 1. The van der Waals surface area contributed by atoms with Crippen LogP contribution in [0.1, 0.15) is 30.4 Å². The number of likely N-dealkylation sites (tertiary alicyclic amines) is 1. The molecule has 8 nitrogen and oxygen atoms in total. The Balaban J connectivity index is 1.23. The molecule has 0 radical (unpaired) electrons. The zero-order chi connectivity index (χ0) is 23.0. The minimum absolute atomic E-state index is 0.118. The van der Waals surface area contributed by atoms with Gasteiger partial charge in [-0.15, -0.1) is 0 Å². The average Bonchev–Trinajstić information content (AvgIpc) is 3.04. The van der Waals surface area contributed by atoms with E-state index in [0.29, 0.717) is 30.2 Å². The summed E-state index contributed by atoms with van der Waals surface area (Å²) in [6, 6.07) is 11.1. The highest BCUT2D eigenvalue weighted by Gasteiger charge is 2.52. The number of halogens is 1. The van der Waals surface area contributed by atoms with E-state index in [9.17, 15) is 14.4 Å². The highest BCUT2D eigenvalue weighted by atomic mass is 35.5. The number of imide groups is 1. The Morgan fingerprint density at radius 3 is 2.82 bits per heavy atom. The molecule has 2 fully saturated rings. The average molecular weight is 468 g/mol. The van der Waals surface area contributed by atoms with Gasteiger partial charge in [0.15, 0.2) is 0 Å². The number of hydrogen-bond acceptors (Lipinski definition) is 5. The normalized spacial score (nSPS) is 25.1. The van der Waals surface area contributed by atoms with Crippen LogP contribution in [-0.4, -0.2) is 57.9 Å². The number of anilines is 1. The van der Waals surface area contributed by atoms with Gasteiger partial charge in [-0.1, -0.05) is 35.9 Å². The summed E-state index contributed by atoms with van der Waals surface area (Å²) in [7, 11) is 0. The molecule has 2 unspecified atom stereocenters. The van der Waals surface area contributed by atoms with Gasteiger partial charge in [0, 0.05) is 19.2 Å². The van der Waals surface area contributed by atoms with E-state index in [1.807, 2.05) is 23.1 Å². The number of carbonyl (C=O) groups excluding carboxylic acids is 3. The second-order valence-electron chi connectivity index (χ2n) is 9.10. The molecule has 5 rings (SSSR count). The number of hydrogen-bond donors (Lipinski definition) is 2. The Bertz CT molecular complexity index is 1090. The summed E-state index contributed by atoms with van der Waals surface area (Å²) in [5, 5.41) is 6.32. The molecular weight excluding hydrogens is 442 g/mol. The second kappa shape index (κ2) is 8.76. The van der Waals surface area contributed by atoms with Crippen molar-refractivity contribution < 1.29 is 14.4 Å². The summed E-state index contributed by atoms with van der Waals surface area (Å²) in [5.74, 6) is -0.0753. The summed E-state index contributed by atoms with van der Waals surface area (Å²) in [6.45, 7) is 1.40. The van der Waals surface area contributed by atoms with Gasteiger partial charge in [-0.05, 0) is 55.5 Å². The van der Waals surface area contributed by atoms with E-state index in [1.54, 1.807) is 12.1 Å². The Kier molecular flexibility index (Phi) is 5.80. The predicted molar refractivity (Wildman–Crippen MR) is 124 cm³/mol. The first-order chi connectivity index (χ1) is 15.9. The zero-order valence-electron chi connectivity index (χ0n) is 18.2. The van der Waals surface area contributed by atoms with Crippen molar-refractivity contribution in [1.82, 2.24) is 20.1 Å². The number of aryl methyl sites for hydroxylation is 1. The molecule has 3 aliphatic rings. The Labute approximate surface area is 197 Å². The number of nitrogens with zero attached hydrogens (tertiary/aromatic N) is 3. The van der Waals surface area contributed by atoms with Gasteiger partial charge in [-0.2, -0.15) is 0 Å². The maximum Gasteiger partial charge on any atom is 0.326 e. The van der Waals surface area contributed by atoms with Crippen LogP contribution in [0.15, 0.2) is 42.6 Å². The number of rotatable bonds is 4. The topological polar surface area (TPSA) is 94.6 Å². The lowest BCUT2D eigenvalue weighted by molar-refractivity contribution is -0.133. The number of nitrogens with one attached hydrogen (secondary N) is 2. The van der Waals surface area contributed by atoms with Crippen molar-refractivity contribution in [2.45, 2.75) is 37.6 Å². The molecule has 3 heterocycles. The largest absolute Gasteiger partial charge is 0.326 e. The third-order valence-electron chi connectivity index (χ3n) is 6.87. The van der Waals surface area contributed by atoms with Crippen LogP contribution in [0.25, 0.3) is 0 Å². The standard InChI is InChI=1S/C24H26ClN5O3/c25-19-7-8-20(26-13-19)27-21(31)18-6-3-11-29(14-18)15-30-22(32)24(28-23(30)33)10-9-16-4-1-2-5-17(16)12-24/h1-2,4-5,7-8,13,18H,3,6,9-12,14-15H2,(H,28,33)(H,26,27,31). The van der Waals surface area contributed by atoms with Crippen LogP contribution in [0.5, 0.6) is 0 Å². The summed E-state index contributed by atoms with van der Waals surface area (Å²) < 4.78 is 0. The summed E-state index contributed by atoms with van der Waals surface area (Å²) in [4.78, 5) is 46.4. The molecule has 1 aliphatic carbocycles. The van der Waals surface area contributed by atoms with Gasteiger partial charge in [0.2, 0.25) is 5.91 Å². The van der Waals surface area contributed by atoms with Gasteiger partial charge >= 0.3 is 6.03 Å². The minimum atomic E-state index is -0.863. The van der Waals surface area contributed by atoms with E-state index < -0.39 is 5.54 Å². The molecule has 2 aliphatic heterocycles. The first-order valence-corrected chi connectivity index (χ1v) is 11.7. The first kappa shape index (κ1) is 21.9. The van der Waals surface area contributed by atoms with Crippen molar-refractivity contribution in [3.8, 4) is 0 Å². The van der Waals surface area contributed by atoms with Crippen LogP contribution >= 0.6 is 11.6 Å². The molecule has 0 saturated carbocycles. The van der Waals surface area contributed by atoms with Crippen molar-refractivity contribution in [3.63, 3.8) is 0 Å². The Hall–Kier alpha value is -2.97. The maximum atomic E-state index is 13.4. The molecule has 9 heteroatoms. The molecule has 1 spiro atoms. The van der Waals surface area contributed by atoms with E-state index in [4.69, 9.17) is 11.6 Å². The number of aromatic nitrogens is 1. The molecule has 2 saturated heterocycles. The lowest BCUT2D eigenvalue weighted by Gasteiger charge is -2.35. The molecular formula is C24H26ClN5O3. The highest BCUT2D eigenvalue weighted by Crippen LogP contribution is 2.34. The van der Waals surface area contributed by atoms with Crippen LogP contribution in [-0.2, 0) is 22.4 Å². The third-order valence-corrected chi connectivity index (χ3v) is 7.10. The van der Waals surface area contributed by atoms with E-state index >= 15 is 0 Å². The van der Waals surface area contributed by atoms with E-state index in [1.165, 1.54) is 16.7 Å². The van der Waals surface area contributed by atoms with Gasteiger partial charge in [-0.3, -0.25) is 14.5 Å². The first-order valence-electron chi connectivity index (χ1n) is 11.3. The SMILES string of the molecule is O=C(Nc1ccc(Cl)cn1)C1CCCN(CN2C(=O)NC3(CCc4ccccc4C3)C2=O)C1. The molecule has 33 heavy (non-hydrogen) atoms. The predicted octanol–water partition coefficient (Wildman–Crippen LogP) is 2.82. The zero-order valence-corrected chi connectivity index (χ0v) is 19.0. The number of pyridine rings is 1. The molecule has 2 N–H and O–H groups in total. The Morgan fingerprint density at radius 1 is 1.21 bits per heavy atom. The summed E-state index contributed by atoms with van der Waals surface area (Å²) in [5.41, 5.74) is 1.49. The number of urea groups is 1. The number of benzene rings is 1. The van der Waals surface area contributed by atoms with Crippen molar-refractivity contribution in [2.24, 2.45) is 5.92 Å². The fraction of sp³-hybridized carbons (Fsp3) is 0.417. The lowest BCUT2D eigenvalue weighted by atomic mass is 9.78. The molecule has 0 bridgehead atoms. The maximum absolute atomic E-state index is 13.4. The van der Waals surface area contributed by atoms with Gasteiger partial charge in [0.1, 0.15) is 11.4 Å². The monoisotopic (exact) mass is 467 g/mol. The number of fused-ring (bicyclic) bond motifs is 1. The van der Waals surface area contributed by atoms with Gasteiger partial charge in [-0.25, -0.2) is 14.7 Å².